The van der Waals surface area contributed by atoms with E-state index in [-0.39, 0.29) is 16.5 Å². The zero-order valence-corrected chi connectivity index (χ0v) is 13.4. The van der Waals surface area contributed by atoms with Crippen molar-refractivity contribution in [2.45, 2.75) is 12.6 Å². The van der Waals surface area contributed by atoms with Crippen LogP contribution in [0.25, 0.3) is 10.9 Å². The molecule has 26 heavy (non-hydrogen) atoms. The number of aromatic amines is 1. The number of aromatic nitrogens is 1. The SMILES string of the molecule is O=C(c1c[nH]c2cc(C(F)(F)F)ccc2c1=O)N1CCc2ccccc21. The molecular formula is C19H13F3N2O2. The van der Waals surface area contributed by atoms with Gasteiger partial charge in [0, 0.05) is 29.3 Å². The lowest BCUT2D eigenvalue weighted by molar-refractivity contribution is -0.137. The molecule has 0 spiro atoms. The predicted molar refractivity (Wildman–Crippen MR) is 91.4 cm³/mol. The van der Waals surface area contributed by atoms with Crippen LogP contribution in [0.3, 0.4) is 0 Å². The molecule has 1 aliphatic heterocycles. The summed E-state index contributed by atoms with van der Waals surface area (Å²) in [4.78, 5) is 29.7. The van der Waals surface area contributed by atoms with Gasteiger partial charge in [-0.05, 0) is 36.2 Å². The second kappa shape index (κ2) is 5.72. The Balaban J connectivity index is 1.77. The lowest BCUT2D eigenvalue weighted by Crippen LogP contribution is -2.33. The molecule has 0 bridgehead atoms. The highest BCUT2D eigenvalue weighted by Crippen LogP contribution is 2.31. The fraction of sp³-hybridized carbons (Fsp3) is 0.158. The molecule has 0 saturated carbocycles. The minimum absolute atomic E-state index is 0.0446. The van der Waals surface area contributed by atoms with Gasteiger partial charge in [0.1, 0.15) is 5.56 Å². The van der Waals surface area contributed by atoms with Crippen LogP contribution in [0.5, 0.6) is 0 Å². The highest BCUT2D eigenvalue weighted by Gasteiger charge is 2.31. The molecule has 0 aliphatic carbocycles. The van der Waals surface area contributed by atoms with Crippen LogP contribution in [0.2, 0.25) is 0 Å². The predicted octanol–water partition coefficient (Wildman–Crippen LogP) is 3.75. The third-order valence-corrected chi connectivity index (χ3v) is 4.57. The van der Waals surface area contributed by atoms with Crippen LogP contribution in [0.1, 0.15) is 21.5 Å². The van der Waals surface area contributed by atoms with E-state index in [4.69, 9.17) is 0 Å². The van der Waals surface area contributed by atoms with Crippen molar-refractivity contribution >= 4 is 22.5 Å². The van der Waals surface area contributed by atoms with Crippen molar-refractivity contribution in [2.24, 2.45) is 0 Å². The number of halogens is 3. The molecule has 0 unspecified atom stereocenters. The van der Waals surface area contributed by atoms with E-state index >= 15 is 0 Å². The van der Waals surface area contributed by atoms with Crippen LogP contribution < -0.4 is 10.3 Å². The van der Waals surface area contributed by atoms with Crippen molar-refractivity contribution in [3.63, 3.8) is 0 Å². The molecular weight excluding hydrogens is 345 g/mol. The van der Waals surface area contributed by atoms with Gasteiger partial charge >= 0.3 is 6.18 Å². The second-order valence-electron chi connectivity index (χ2n) is 6.13. The molecule has 4 rings (SSSR count). The first-order chi connectivity index (χ1) is 12.4. The standard InChI is InChI=1S/C19H13F3N2O2/c20-19(21,22)12-5-6-13-15(9-12)23-10-14(17(13)25)18(26)24-8-7-11-3-1-2-4-16(11)24/h1-6,9-10H,7-8H2,(H,23,25). The van der Waals surface area contributed by atoms with Crippen LogP contribution in [-0.2, 0) is 12.6 Å². The van der Waals surface area contributed by atoms with Crippen molar-refractivity contribution < 1.29 is 18.0 Å². The first-order valence-corrected chi connectivity index (χ1v) is 7.98. The van der Waals surface area contributed by atoms with Crippen molar-refractivity contribution in [1.29, 1.82) is 0 Å². The molecule has 0 fully saturated rings. The fourth-order valence-electron chi connectivity index (χ4n) is 3.25. The summed E-state index contributed by atoms with van der Waals surface area (Å²) in [5.41, 5.74) is 0.296. The van der Waals surface area contributed by atoms with Crippen molar-refractivity contribution in [3.8, 4) is 0 Å². The Kier molecular flexibility index (Phi) is 3.61. The molecule has 3 aromatic rings. The molecule has 1 N–H and O–H groups in total. The molecule has 132 valence electrons. The Morgan fingerprint density at radius 3 is 2.65 bits per heavy atom. The molecule has 2 heterocycles. The minimum atomic E-state index is -4.50. The summed E-state index contributed by atoms with van der Waals surface area (Å²) in [6, 6.07) is 10.2. The summed E-state index contributed by atoms with van der Waals surface area (Å²) < 4.78 is 38.4. The average molecular weight is 358 g/mol. The molecule has 7 heteroatoms. The number of carbonyl (C=O) groups is 1. The molecule has 0 saturated heterocycles. The molecule has 4 nitrogen and oxygen atoms in total. The van der Waals surface area contributed by atoms with E-state index in [1.165, 1.54) is 11.1 Å². The van der Waals surface area contributed by atoms with Crippen LogP contribution in [-0.4, -0.2) is 17.4 Å². The van der Waals surface area contributed by atoms with E-state index in [0.717, 1.165) is 29.4 Å². The van der Waals surface area contributed by atoms with Crippen molar-refractivity contribution in [2.75, 3.05) is 11.4 Å². The van der Waals surface area contributed by atoms with Gasteiger partial charge < -0.3 is 9.88 Å². The van der Waals surface area contributed by atoms with E-state index < -0.39 is 23.1 Å². The lowest BCUT2D eigenvalue weighted by Gasteiger charge is -2.17. The number of hydrogen-bond acceptors (Lipinski definition) is 2. The molecule has 2 aromatic carbocycles. The molecule has 1 aliphatic rings. The number of hydrogen-bond donors (Lipinski definition) is 1. The van der Waals surface area contributed by atoms with Crippen LogP contribution in [0, 0.1) is 0 Å². The minimum Gasteiger partial charge on any atom is -0.360 e. The number of alkyl halides is 3. The molecule has 1 aromatic heterocycles. The van der Waals surface area contributed by atoms with Gasteiger partial charge in [-0.1, -0.05) is 18.2 Å². The van der Waals surface area contributed by atoms with Crippen LogP contribution in [0.15, 0.2) is 53.5 Å². The van der Waals surface area contributed by atoms with Crippen LogP contribution in [0.4, 0.5) is 18.9 Å². The molecule has 0 radical (unpaired) electrons. The summed E-state index contributed by atoms with van der Waals surface area (Å²) in [6.07, 6.45) is -2.62. The van der Waals surface area contributed by atoms with Gasteiger partial charge in [0.25, 0.3) is 5.91 Å². The second-order valence-corrected chi connectivity index (χ2v) is 6.13. The number of carbonyl (C=O) groups excluding carboxylic acids is 1. The third-order valence-electron chi connectivity index (χ3n) is 4.57. The van der Waals surface area contributed by atoms with Crippen LogP contribution >= 0.6 is 0 Å². The summed E-state index contributed by atoms with van der Waals surface area (Å²) >= 11 is 0. The summed E-state index contributed by atoms with van der Waals surface area (Å²) in [7, 11) is 0. The van der Waals surface area contributed by atoms with E-state index in [0.29, 0.717) is 13.0 Å². The number of fused-ring (bicyclic) bond motifs is 2. The first-order valence-electron chi connectivity index (χ1n) is 7.98. The number of nitrogens with zero attached hydrogens (tertiary/aromatic N) is 1. The van der Waals surface area contributed by atoms with Crippen molar-refractivity contribution in [1.82, 2.24) is 4.98 Å². The van der Waals surface area contributed by atoms with Gasteiger partial charge in [-0.3, -0.25) is 9.59 Å². The zero-order chi connectivity index (χ0) is 18.5. The highest BCUT2D eigenvalue weighted by molar-refractivity contribution is 6.08. The number of para-hydroxylation sites is 1. The Morgan fingerprint density at radius 2 is 1.88 bits per heavy atom. The monoisotopic (exact) mass is 358 g/mol. The zero-order valence-electron chi connectivity index (χ0n) is 13.4. The normalized spacial score (nSPS) is 13.9. The number of benzene rings is 2. The Morgan fingerprint density at radius 1 is 1.12 bits per heavy atom. The Labute approximate surface area is 145 Å². The number of amides is 1. The quantitative estimate of drug-likeness (QED) is 0.720. The maximum atomic E-state index is 12.8. The lowest BCUT2D eigenvalue weighted by atomic mass is 10.1. The summed E-state index contributed by atoms with van der Waals surface area (Å²) in [5.74, 6) is -0.460. The topological polar surface area (TPSA) is 53.2 Å². The van der Waals surface area contributed by atoms with Gasteiger partial charge in [0.15, 0.2) is 0 Å². The van der Waals surface area contributed by atoms with Gasteiger partial charge in [0.2, 0.25) is 5.43 Å². The average Bonchev–Trinajstić information content (AvgIpc) is 3.04. The maximum absolute atomic E-state index is 12.8. The number of nitrogens with one attached hydrogen (secondary N) is 1. The molecule has 1 amide bonds. The molecule has 0 atom stereocenters. The Hall–Kier alpha value is -3.09. The number of rotatable bonds is 1. The smallest absolute Gasteiger partial charge is 0.360 e. The summed E-state index contributed by atoms with van der Waals surface area (Å²) in [6.45, 7) is 0.461. The third kappa shape index (κ3) is 2.56. The maximum Gasteiger partial charge on any atom is 0.416 e. The number of H-pyrrole nitrogens is 1. The van der Waals surface area contributed by atoms with E-state index in [9.17, 15) is 22.8 Å². The van der Waals surface area contributed by atoms with Gasteiger partial charge in [-0.15, -0.1) is 0 Å². The largest absolute Gasteiger partial charge is 0.416 e. The van der Waals surface area contributed by atoms with E-state index in [1.807, 2.05) is 24.3 Å². The van der Waals surface area contributed by atoms with E-state index in [1.54, 1.807) is 0 Å². The summed E-state index contributed by atoms with van der Waals surface area (Å²) in [5, 5.41) is 0.0522. The van der Waals surface area contributed by atoms with Crippen molar-refractivity contribution in [3.05, 3.63) is 75.6 Å². The Bertz CT molecular complexity index is 1090. The number of anilines is 1. The highest BCUT2D eigenvalue weighted by atomic mass is 19.4. The van der Waals surface area contributed by atoms with Gasteiger partial charge in [-0.25, -0.2) is 0 Å². The number of pyridine rings is 1. The first kappa shape index (κ1) is 16.4. The van der Waals surface area contributed by atoms with E-state index in [2.05, 4.69) is 4.98 Å². The van der Waals surface area contributed by atoms with Gasteiger partial charge in [0.05, 0.1) is 5.56 Å². The fourth-order valence-corrected chi connectivity index (χ4v) is 3.25. The van der Waals surface area contributed by atoms with Gasteiger partial charge in [-0.2, -0.15) is 13.2 Å².